The lowest BCUT2D eigenvalue weighted by Crippen LogP contribution is -2.49. The highest BCUT2D eigenvalue weighted by molar-refractivity contribution is 6.31. The Morgan fingerprint density at radius 3 is 2.52 bits per heavy atom. The molecule has 0 spiro atoms. The predicted molar refractivity (Wildman–Crippen MR) is 102 cm³/mol. The smallest absolute Gasteiger partial charge is 0.410 e. The number of amides is 1. The van der Waals surface area contributed by atoms with E-state index in [1.54, 1.807) is 11.8 Å². The standard InChI is InChI=1S/C18H27ClN4O4/c1-10-9-23(17(25)27-18(3,4)5)8-7-12(10)21-15-14(19)22-13(11(2)20-15)16(24)26-6/h10,12H,7-9H2,1-6H3,(H,20,21)/t10-,12-/m0/s1. The third-order valence-corrected chi connectivity index (χ3v) is 4.55. The summed E-state index contributed by atoms with van der Waals surface area (Å²) in [5, 5.41) is 3.41. The molecule has 0 aliphatic carbocycles. The minimum Gasteiger partial charge on any atom is -0.464 e. The number of nitrogens with one attached hydrogen (secondary N) is 1. The van der Waals surface area contributed by atoms with Crippen molar-refractivity contribution in [1.29, 1.82) is 0 Å². The summed E-state index contributed by atoms with van der Waals surface area (Å²) in [7, 11) is 1.28. The number of aromatic nitrogens is 2. The van der Waals surface area contributed by atoms with E-state index >= 15 is 0 Å². The van der Waals surface area contributed by atoms with Gasteiger partial charge in [0.1, 0.15) is 5.60 Å². The summed E-state index contributed by atoms with van der Waals surface area (Å²) >= 11 is 6.19. The first-order valence-corrected chi connectivity index (χ1v) is 9.26. The van der Waals surface area contributed by atoms with E-state index in [0.717, 1.165) is 6.42 Å². The van der Waals surface area contributed by atoms with Crippen LogP contribution in [0.4, 0.5) is 10.6 Å². The number of anilines is 1. The van der Waals surface area contributed by atoms with Crippen molar-refractivity contribution in [2.24, 2.45) is 5.92 Å². The molecule has 2 heterocycles. The van der Waals surface area contributed by atoms with Crippen molar-refractivity contribution in [2.45, 2.75) is 52.7 Å². The minimum absolute atomic E-state index is 0.0684. The van der Waals surface area contributed by atoms with Crippen LogP contribution in [0, 0.1) is 12.8 Å². The fourth-order valence-corrected chi connectivity index (χ4v) is 3.09. The average molecular weight is 399 g/mol. The number of ether oxygens (including phenoxy) is 2. The molecule has 0 bridgehead atoms. The van der Waals surface area contributed by atoms with E-state index in [-0.39, 0.29) is 28.9 Å². The molecule has 1 aromatic heterocycles. The van der Waals surface area contributed by atoms with Crippen molar-refractivity contribution in [3.63, 3.8) is 0 Å². The number of methoxy groups -OCH3 is 1. The molecule has 0 aromatic carbocycles. The van der Waals surface area contributed by atoms with Crippen molar-refractivity contribution in [1.82, 2.24) is 14.9 Å². The number of hydrogen-bond donors (Lipinski definition) is 1. The van der Waals surface area contributed by atoms with Crippen LogP contribution in [0.3, 0.4) is 0 Å². The first kappa shape index (κ1) is 21.2. The van der Waals surface area contributed by atoms with Gasteiger partial charge in [-0.15, -0.1) is 0 Å². The Labute approximate surface area is 164 Å². The quantitative estimate of drug-likeness (QED) is 0.780. The van der Waals surface area contributed by atoms with Crippen LogP contribution in [0.25, 0.3) is 0 Å². The van der Waals surface area contributed by atoms with E-state index in [9.17, 15) is 9.59 Å². The van der Waals surface area contributed by atoms with Crippen molar-refractivity contribution >= 4 is 29.5 Å². The van der Waals surface area contributed by atoms with Crippen molar-refractivity contribution < 1.29 is 19.1 Å². The number of piperidine rings is 1. The van der Waals surface area contributed by atoms with Crippen molar-refractivity contribution in [3.8, 4) is 0 Å². The van der Waals surface area contributed by atoms with E-state index < -0.39 is 11.6 Å². The second-order valence-electron chi connectivity index (χ2n) is 7.73. The summed E-state index contributed by atoms with van der Waals surface area (Å²) < 4.78 is 10.1. The topological polar surface area (TPSA) is 93.7 Å². The lowest BCUT2D eigenvalue weighted by Gasteiger charge is -2.38. The summed E-state index contributed by atoms with van der Waals surface area (Å²) in [6, 6.07) is 0.0684. The summed E-state index contributed by atoms with van der Waals surface area (Å²) in [6.45, 7) is 10.4. The maximum absolute atomic E-state index is 12.2. The molecule has 0 unspecified atom stereocenters. The Morgan fingerprint density at radius 2 is 1.96 bits per heavy atom. The zero-order valence-electron chi connectivity index (χ0n) is 16.6. The molecule has 8 nitrogen and oxygen atoms in total. The first-order chi connectivity index (χ1) is 12.5. The molecular weight excluding hydrogens is 372 g/mol. The highest BCUT2D eigenvalue weighted by atomic mass is 35.5. The Balaban J connectivity index is 2.04. The van der Waals surface area contributed by atoms with Gasteiger partial charge in [-0.3, -0.25) is 0 Å². The average Bonchev–Trinajstić information content (AvgIpc) is 2.57. The Bertz CT molecular complexity index is 720. The number of nitrogens with zero attached hydrogens (tertiary/aromatic N) is 3. The summed E-state index contributed by atoms with van der Waals surface area (Å²) in [4.78, 5) is 34.1. The Kier molecular flexibility index (Phi) is 6.51. The lowest BCUT2D eigenvalue weighted by molar-refractivity contribution is 0.0164. The highest BCUT2D eigenvalue weighted by Crippen LogP contribution is 2.26. The normalized spacial score (nSPS) is 20.2. The van der Waals surface area contributed by atoms with Gasteiger partial charge in [0.05, 0.1) is 12.8 Å². The second kappa shape index (κ2) is 8.29. The fraction of sp³-hybridized carbons (Fsp3) is 0.667. The third-order valence-electron chi connectivity index (χ3n) is 4.29. The van der Waals surface area contributed by atoms with Crippen LogP contribution in [-0.4, -0.2) is 58.8 Å². The fourth-order valence-electron chi connectivity index (χ4n) is 2.91. The third kappa shape index (κ3) is 5.45. The molecule has 1 saturated heterocycles. The molecule has 1 aromatic rings. The summed E-state index contributed by atoms with van der Waals surface area (Å²) in [5.41, 5.74) is 0.0192. The molecule has 9 heteroatoms. The minimum atomic E-state index is -0.576. The van der Waals surface area contributed by atoms with Gasteiger partial charge in [-0.05, 0) is 40.0 Å². The lowest BCUT2D eigenvalue weighted by atomic mass is 9.94. The van der Waals surface area contributed by atoms with Gasteiger partial charge in [-0.25, -0.2) is 19.6 Å². The van der Waals surface area contributed by atoms with Crippen LogP contribution in [0.1, 0.15) is 50.3 Å². The van der Waals surface area contributed by atoms with E-state index in [4.69, 9.17) is 16.3 Å². The van der Waals surface area contributed by atoms with Crippen LogP contribution in [-0.2, 0) is 9.47 Å². The molecule has 27 heavy (non-hydrogen) atoms. The second-order valence-corrected chi connectivity index (χ2v) is 8.09. The van der Waals surface area contributed by atoms with E-state index in [1.165, 1.54) is 7.11 Å². The van der Waals surface area contributed by atoms with Crippen LogP contribution in [0.5, 0.6) is 0 Å². The van der Waals surface area contributed by atoms with Crippen LogP contribution in [0.2, 0.25) is 5.15 Å². The molecular formula is C18H27ClN4O4. The number of rotatable bonds is 3. The number of aryl methyl sites for hydroxylation is 1. The number of esters is 1. The van der Waals surface area contributed by atoms with Gasteiger partial charge in [0.15, 0.2) is 16.7 Å². The number of carbonyl (C=O) groups is 2. The maximum atomic E-state index is 12.2. The maximum Gasteiger partial charge on any atom is 0.410 e. The molecule has 2 rings (SSSR count). The molecule has 1 N–H and O–H groups in total. The number of likely N-dealkylation sites (tertiary alicyclic amines) is 1. The number of halogens is 1. The SMILES string of the molecule is COC(=O)c1nc(Cl)c(N[C@H]2CCN(C(=O)OC(C)(C)C)C[C@@H]2C)nc1C. The molecule has 1 fully saturated rings. The van der Waals surface area contributed by atoms with Gasteiger partial charge < -0.3 is 19.7 Å². The van der Waals surface area contributed by atoms with Crippen molar-refractivity contribution in [3.05, 3.63) is 16.5 Å². The van der Waals surface area contributed by atoms with E-state index in [2.05, 4.69) is 20.0 Å². The molecule has 0 radical (unpaired) electrons. The predicted octanol–water partition coefficient (Wildman–Crippen LogP) is 3.28. The van der Waals surface area contributed by atoms with Gasteiger partial charge in [-0.2, -0.15) is 0 Å². The molecule has 1 aliphatic rings. The van der Waals surface area contributed by atoms with Crippen molar-refractivity contribution in [2.75, 3.05) is 25.5 Å². The van der Waals surface area contributed by atoms with E-state index in [1.807, 2.05) is 27.7 Å². The van der Waals surface area contributed by atoms with Gasteiger partial charge in [0.25, 0.3) is 0 Å². The zero-order valence-corrected chi connectivity index (χ0v) is 17.4. The molecule has 1 aliphatic heterocycles. The number of hydrogen-bond acceptors (Lipinski definition) is 7. The van der Waals surface area contributed by atoms with Crippen LogP contribution < -0.4 is 5.32 Å². The highest BCUT2D eigenvalue weighted by Gasteiger charge is 2.32. The molecule has 150 valence electrons. The molecule has 0 saturated carbocycles. The summed E-state index contributed by atoms with van der Waals surface area (Å²) in [5.74, 6) is 0.00148. The first-order valence-electron chi connectivity index (χ1n) is 8.88. The zero-order chi connectivity index (χ0) is 20.4. The van der Waals surface area contributed by atoms with Gasteiger partial charge in [0, 0.05) is 19.1 Å². The monoisotopic (exact) mass is 398 g/mol. The van der Waals surface area contributed by atoms with Gasteiger partial charge in [-0.1, -0.05) is 18.5 Å². The largest absolute Gasteiger partial charge is 0.464 e. The summed E-state index contributed by atoms with van der Waals surface area (Å²) in [6.07, 6.45) is 0.417. The van der Waals surface area contributed by atoms with E-state index in [0.29, 0.717) is 24.6 Å². The molecule has 2 atom stereocenters. The molecule has 1 amide bonds. The van der Waals surface area contributed by atoms with Crippen LogP contribution >= 0.6 is 11.6 Å². The van der Waals surface area contributed by atoms with Gasteiger partial charge in [0.2, 0.25) is 0 Å². The van der Waals surface area contributed by atoms with Gasteiger partial charge >= 0.3 is 12.1 Å². The Morgan fingerprint density at radius 1 is 1.30 bits per heavy atom. The Hall–Kier alpha value is -2.09. The number of carbonyl (C=O) groups excluding carboxylic acids is 2. The van der Waals surface area contributed by atoms with Crippen LogP contribution in [0.15, 0.2) is 0 Å².